The lowest BCUT2D eigenvalue weighted by atomic mass is 10.2. The Morgan fingerprint density at radius 1 is 1.16 bits per heavy atom. The lowest BCUT2D eigenvalue weighted by Crippen LogP contribution is -2.14. The molecule has 2 aromatic heterocycles. The second kappa shape index (κ2) is 7.08. The first kappa shape index (κ1) is 17.2. The van der Waals surface area contributed by atoms with Crippen molar-refractivity contribution in [3.63, 3.8) is 0 Å². The standard InChI is InChI=1S/C16H15N3O4S2/c1-22-12-5-6-14(23-2)15(8-12)25(20,21)19-16-18-13(10-24-16)11-4-3-7-17-9-11/h3-10H,1-2H3,(H,18,19). The van der Waals surface area contributed by atoms with Gasteiger partial charge in [0.2, 0.25) is 0 Å². The fourth-order valence-corrected chi connectivity index (χ4v) is 4.29. The van der Waals surface area contributed by atoms with Crippen LogP contribution in [-0.4, -0.2) is 32.6 Å². The van der Waals surface area contributed by atoms with E-state index in [1.54, 1.807) is 29.9 Å². The Bertz CT molecular complexity index is 972. The van der Waals surface area contributed by atoms with Crippen molar-refractivity contribution in [1.82, 2.24) is 9.97 Å². The zero-order valence-electron chi connectivity index (χ0n) is 13.5. The maximum Gasteiger partial charge on any atom is 0.267 e. The van der Waals surface area contributed by atoms with E-state index in [1.807, 2.05) is 6.07 Å². The monoisotopic (exact) mass is 377 g/mol. The Hall–Kier alpha value is -2.65. The molecule has 0 aliphatic heterocycles. The summed E-state index contributed by atoms with van der Waals surface area (Å²) in [7, 11) is -1.01. The highest BCUT2D eigenvalue weighted by molar-refractivity contribution is 7.93. The Morgan fingerprint density at radius 2 is 2.00 bits per heavy atom. The number of ether oxygens (including phenoxy) is 2. The van der Waals surface area contributed by atoms with Crippen molar-refractivity contribution in [2.75, 3.05) is 18.9 Å². The van der Waals surface area contributed by atoms with Gasteiger partial charge in [0, 0.05) is 29.4 Å². The van der Waals surface area contributed by atoms with Crippen molar-refractivity contribution in [3.05, 3.63) is 48.1 Å². The van der Waals surface area contributed by atoms with Crippen LogP contribution in [0.1, 0.15) is 0 Å². The average Bonchev–Trinajstić information content (AvgIpc) is 3.09. The van der Waals surface area contributed by atoms with Gasteiger partial charge in [-0.3, -0.25) is 9.71 Å². The van der Waals surface area contributed by atoms with Crippen molar-refractivity contribution in [1.29, 1.82) is 0 Å². The van der Waals surface area contributed by atoms with Crippen LogP contribution in [-0.2, 0) is 10.0 Å². The van der Waals surface area contributed by atoms with Crippen LogP contribution in [0.4, 0.5) is 5.13 Å². The van der Waals surface area contributed by atoms with Gasteiger partial charge in [0.05, 0.1) is 19.9 Å². The lowest BCUT2D eigenvalue weighted by Gasteiger charge is -2.11. The van der Waals surface area contributed by atoms with Crippen molar-refractivity contribution >= 4 is 26.5 Å². The largest absolute Gasteiger partial charge is 0.497 e. The van der Waals surface area contributed by atoms with E-state index in [0.29, 0.717) is 11.4 Å². The normalized spacial score (nSPS) is 11.1. The molecule has 0 saturated heterocycles. The van der Waals surface area contributed by atoms with E-state index in [-0.39, 0.29) is 15.8 Å². The summed E-state index contributed by atoms with van der Waals surface area (Å²) in [5, 5.41) is 2.02. The van der Waals surface area contributed by atoms with Gasteiger partial charge >= 0.3 is 0 Å². The van der Waals surface area contributed by atoms with E-state index in [2.05, 4.69) is 14.7 Å². The summed E-state index contributed by atoms with van der Waals surface area (Å²) in [4.78, 5) is 8.31. The molecule has 25 heavy (non-hydrogen) atoms. The number of methoxy groups -OCH3 is 2. The smallest absolute Gasteiger partial charge is 0.267 e. The number of benzene rings is 1. The van der Waals surface area contributed by atoms with E-state index in [4.69, 9.17) is 9.47 Å². The van der Waals surface area contributed by atoms with Crippen LogP contribution < -0.4 is 14.2 Å². The molecule has 1 aromatic carbocycles. The Morgan fingerprint density at radius 3 is 2.68 bits per heavy atom. The van der Waals surface area contributed by atoms with E-state index < -0.39 is 10.0 Å². The van der Waals surface area contributed by atoms with Gasteiger partial charge in [0.25, 0.3) is 10.0 Å². The highest BCUT2D eigenvalue weighted by atomic mass is 32.2. The molecule has 7 nitrogen and oxygen atoms in total. The van der Waals surface area contributed by atoms with Crippen LogP contribution in [0, 0.1) is 0 Å². The van der Waals surface area contributed by atoms with Gasteiger partial charge in [-0.1, -0.05) is 0 Å². The van der Waals surface area contributed by atoms with E-state index in [0.717, 1.165) is 5.56 Å². The third kappa shape index (κ3) is 3.72. The number of nitrogens with one attached hydrogen (secondary N) is 1. The summed E-state index contributed by atoms with van der Waals surface area (Å²) < 4.78 is 38.1. The molecule has 3 aromatic rings. The molecule has 9 heteroatoms. The molecule has 0 bridgehead atoms. The van der Waals surface area contributed by atoms with Gasteiger partial charge in [-0.05, 0) is 24.3 Å². The lowest BCUT2D eigenvalue weighted by molar-refractivity contribution is 0.392. The Kier molecular flexibility index (Phi) is 4.86. The second-order valence-corrected chi connectivity index (χ2v) is 7.41. The number of thiazole rings is 1. The first-order valence-corrected chi connectivity index (χ1v) is 9.50. The van der Waals surface area contributed by atoms with E-state index in [9.17, 15) is 8.42 Å². The topological polar surface area (TPSA) is 90.4 Å². The maximum absolute atomic E-state index is 12.7. The zero-order valence-corrected chi connectivity index (χ0v) is 15.1. The van der Waals surface area contributed by atoms with Crippen molar-refractivity contribution in [3.8, 4) is 22.8 Å². The van der Waals surface area contributed by atoms with Crippen LogP contribution in [0.15, 0.2) is 53.0 Å². The molecule has 0 spiro atoms. The van der Waals surface area contributed by atoms with Crippen LogP contribution in [0.25, 0.3) is 11.3 Å². The molecule has 0 aliphatic rings. The minimum Gasteiger partial charge on any atom is -0.497 e. The molecule has 0 saturated carbocycles. The summed E-state index contributed by atoms with van der Waals surface area (Å²) in [6, 6.07) is 8.21. The molecule has 0 fully saturated rings. The highest BCUT2D eigenvalue weighted by Gasteiger charge is 2.22. The summed E-state index contributed by atoms with van der Waals surface area (Å²) in [5.74, 6) is 0.633. The zero-order chi connectivity index (χ0) is 17.9. The number of rotatable bonds is 6. The highest BCUT2D eigenvalue weighted by Crippen LogP contribution is 2.31. The molecule has 130 valence electrons. The number of sulfonamides is 1. The minimum absolute atomic E-state index is 0.0209. The fraction of sp³-hybridized carbons (Fsp3) is 0.125. The van der Waals surface area contributed by atoms with Crippen LogP contribution in [0.5, 0.6) is 11.5 Å². The van der Waals surface area contributed by atoms with Gasteiger partial charge in [-0.25, -0.2) is 13.4 Å². The number of anilines is 1. The molecule has 0 radical (unpaired) electrons. The Labute approximate surface area is 149 Å². The van der Waals surface area contributed by atoms with Crippen LogP contribution in [0.2, 0.25) is 0 Å². The first-order chi connectivity index (χ1) is 12.0. The third-order valence-electron chi connectivity index (χ3n) is 3.34. The number of hydrogen-bond donors (Lipinski definition) is 1. The molecule has 0 unspecified atom stereocenters. The average molecular weight is 377 g/mol. The molecule has 0 atom stereocenters. The summed E-state index contributed by atoms with van der Waals surface area (Å²) in [6.45, 7) is 0. The van der Waals surface area contributed by atoms with E-state index in [1.165, 1.54) is 37.7 Å². The molecule has 0 aliphatic carbocycles. The predicted molar refractivity (Wildman–Crippen MR) is 95.7 cm³/mol. The molecule has 3 rings (SSSR count). The van der Waals surface area contributed by atoms with Crippen molar-refractivity contribution in [2.45, 2.75) is 4.90 Å². The Balaban J connectivity index is 1.91. The van der Waals surface area contributed by atoms with Crippen LogP contribution >= 0.6 is 11.3 Å². The SMILES string of the molecule is COc1ccc(OC)c(S(=O)(=O)Nc2nc(-c3cccnc3)cs2)c1. The maximum atomic E-state index is 12.7. The summed E-state index contributed by atoms with van der Waals surface area (Å²) >= 11 is 1.19. The number of hydrogen-bond acceptors (Lipinski definition) is 7. The molecule has 1 N–H and O–H groups in total. The number of aromatic nitrogens is 2. The fourth-order valence-electron chi connectivity index (χ4n) is 2.13. The third-order valence-corrected chi connectivity index (χ3v) is 5.59. The van der Waals surface area contributed by atoms with Gasteiger partial charge < -0.3 is 9.47 Å². The van der Waals surface area contributed by atoms with Crippen molar-refractivity contribution in [2.24, 2.45) is 0 Å². The number of pyridine rings is 1. The second-order valence-electron chi connectivity index (χ2n) is 4.90. The van der Waals surface area contributed by atoms with Gasteiger partial charge in [-0.15, -0.1) is 11.3 Å². The quantitative estimate of drug-likeness (QED) is 0.710. The first-order valence-electron chi connectivity index (χ1n) is 7.14. The van der Waals surface area contributed by atoms with Gasteiger partial charge in [-0.2, -0.15) is 0 Å². The van der Waals surface area contributed by atoms with Crippen molar-refractivity contribution < 1.29 is 17.9 Å². The molecule has 0 amide bonds. The minimum atomic E-state index is -3.88. The summed E-state index contributed by atoms with van der Waals surface area (Å²) in [6.07, 6.45) is 3.33. The number of nitrogens with zero attached hydrogens (tertiary/aromatic N) is 2. The van der Waals surface area contributed by atoms with Gasteiger partial charge in [0.15, 0.2) is 5.13 Å². The summed E-state index contributed by atoms with van der Waals surface area (Å²) in [5.41, 5.74) is 1.46. The molecule has 2 heterocycles. The predicted octanol–water partition coefficient (Wildman–Crippen LogP) is 3.02. The van der Waals surface area contributed by atoms with E-state index >= 15 is 0 Å². The molecular formula is C16H15N3O4S2. The van der Waals surface area contributed by atoms with Gasteiger partial charge in [0.1, 0.15) is 16.4 Å². The molecular weight excluding hydrogens is 362 g/mol. The van der Waals surface area contributed by atoms with Crippen LogP contribution in [0.3, 0.4) is 0 Å².